The second-order valence-corrected chi connectivity index (χ2v) is 5.45. The molecule has 0 atom stereocenters. The van der Waals surface area contributed by atoms with Crippen LogP contribution < -0.4 is 11.1 Å². The molecule has 0 amide bonds. The van der Waals surface area contributed by atoms with E-state index in [1.54, 1.807) is 11.3 Å². The Hall–Kier alpha value is -1.92. The number of thiazole rings is 1. The molecule has 1 aromatic heterocycles. The Bertz CT molecular complexity index is 580. The minimum atomic E-state index is 0.125. The van der Waals surface area contributed by atoms with Gasteiger partial charge in [-0.05, 0) is 18.6 Å². The molecule has 2 aromatic rings. The summed E-state index contributed by atoms with van der Waals surface area (Å²) in [4.78, 5) is 5.42. The number of aromatic nitrogens is 1. The van der Waals surface area contributed by atoms with Gasteiger partial charge in [-0.1, -0.05) is 23.4 Å². The number of hydrogen-bond donors (Lipinski definition) is 3. The number of nitrogens with one attached hydrogen (secondary N) is 1. The minimum absolute atomic E-state index is 0.125. The lowest BCUT2D eigenvalue weighted by molar-refractivity contribution is 0.318. The van der Waals surface area contributed by atoms with E-state index in [0.29, 0.717) is 0 Å². The molecule has 4 N–H and O–H groups in total. The van der Waals surface area contributed by atoms with Gasteiger partial charge in [0.25, 0.3) is 0 Å². The Morgan fingerprint density at radius 2 is 2.32 bits per heavy atom. The molecule has 1 aromatic carbocycles. The molecule has 0 unspecified atom stereocenters. The molecule has 0 saturated heterocycles. The van der Waals surface area contributed by atoms with Gasteiger partial charge in [-0.3, -0.25) is 0 Å². The van der Waals surface area contributed by atoms with Crippen LogP contribution in [-0.4, -0.2) is 16.0 Å². The smallest absolute Gasteiger partial charge is 0.170 e. The Morgan fingerprint density at radius 3 is 3.00 bits per heavy atom. The summed E-state index contributed by atoms with van der Waals surface area (Å²) in [7, 11) is 0. The molecule has 0 aliphatic carbocycles. The third kappa shape index (κ3) is 3.77. The molecule has 19 heavy (non-hydrogen) atoms. The van der Waals surface area contributed by atoms with Gasteiger partial charge in [0.2, 0.25) is 0 Å². The van der Waals surface area contributed by atoms with E-state index in [2.05, 4.69) is 15.5 Å². The average molecular weight is 276 g/mol. The fourth-order valence-corrected chi connectivity index (χ4v) is 2.48. The van der Waals surface area contributed by atoms with Crippen molar-refractivity contribution < 1.29 is 5.21 Å². The molecule has 0 aliphatic heterocycles. The van der Waals surface area contributed by atoms with Crippen LogP contribution in [0.3, 0.4) is 0 Å². The van der Waals surface area contributed by atoms with E-state index in [-0.39, 0.29) is 5.84 Å². The predicted molar refractivity (Wildman–Crippen MR) is 76.3 cm³/mol. The minimum Gasteiger partial charge on any atom is -0.409 e. The van der Waals surface area contributed by atoms with Gasteiger partial charge >= 0.3 is 0 Å². The SMILES string of the molecule is Cc1ncc(CNCc2cccc(C(N)=NO)c2)s1. The number of aryl methyl sites for hydroxylation is 1. The number of oxime groups is 1. The molecule has 0 aliphatic rings. The zero-order valence-electron chi connectivity index (χ0n) is 10.6. The molecule has 0 bridgehead atoms. The van der Waals surface area contributed by atoms with Crippen LogP contribution in [0.1, 0.15) is 21.0 Å². The number of rotatable bonds is 5. The first-order valence-electron chi connectivity index (χ1n) is 5.88. The standard InChI is InChI=1S/C13H16N4OS/c1-9-16-8-12(19-9)7-15-6-10-3-2-4-11(5-10)13(14)17-18/h2-5,8,15,18H,6-7H2,1H3,(H2,14,17). The van der Waals surface area contributed by atoms with E-state index < -0.39 is 0 Å². The molecule has 5 nitrogen and oxygen atoms in total. The average Bonchev–Trinajstić information content (AvgIpc) is 2.84. The van der Waals surface area contributed by atoms with E-state index >= 15 is 0 Å². The number of amidine groups is 1. The van der Waals surface area contributed by atoms with E-state index in [1.807, 2.05) is 37.4 Å². The summed E-state index contributed by atoms with van der Waals surface area (Å²) >= 11 is 1.69. The van der Waals surface area contributed by atoms with E-state index in [1.165, 1.54) is 4.88 Å². The van der Waals surface area contributed by atoms with Crippen LogP contribution in [0.5, 0.6) is 0 Å². The molecule has 0 spiro atoms. The van der Waals surface area contributed by atoms with Crippen molar-refractivity contribution in [1.29, 1.82) is 0 Å². The molecular formula is C13H16N4OS. The van der Waals surface area contributed by atoms with Crippen molar-refractivity contribution in [2.75, 3.05) is 0 Å². The molecule has 6 heteroatoms. The molecule has 2 rings (SSSR count). The normalized spacial score (nSPS) is 11.7. The second-order valence-electron chi connectivity index (χ2n) is 4.13. The third-order valence-electron chi connectivity index (χ3n) is 2.63. The summed E-state index contributed by atoms with van der Waals surface area (Å²) in [6.45, 7) is 3.51. The summed E-state index contributed by atoms with van der Waals surface area (Å²) in [5.41, 5.74) is 7.36. The van der Waals surface area contributed by atoms with E-state index in [0.717, 1.165) is 29.2 Å². The van der Waals surface area contributed by atoms with Gasteiger partial charge in [0.15, 0.2) is 5.84 Å². The van der Waals surface area contributed by atoms with Crippen LogP contribution in [0, 0.1) is 6.92 Å². The predicted octanol–water partition coefficient (Wildman–Crippen LogP) is 1.84. The largest absolute Gasteiger partial charge is 0.409 e. The quantitative estimate of drug-likeness (QED) is 0.337. The maximum Gasteiger partial charge on any atom is 0.170 e. The van der Waals surface area contributed by atoms with Crippen LogP contribution in [0.15, 0.2) is 35.6 Å². The highest BCUT2D eigenvalue weighted by Crippen LogP contribution is 2.11. The fourth-order valence-electron chi connectivity index (χ4n) is 1.72. The number of nitrogens with two attached hydrogens (primary N) is 1. The Labute approximate surface area is 115 Å². The van der Waals surface area contributed by atoms with Crippen molar-refractivity contribution in [3.63, 3.8) is 0 Å². The highest BCUT2D eigenvalue weighted by atomic mass is 32.1. The number of benzene rings is 1. The highest BCUT2D eigenvalue weighted by Gasteiger charge is 2.01. The summed E-state index contributed by atoms with van der Waals surface area (Å²) in [5, 5.41) is 16.1. The van der Waals surface area contributed by atoms with Gasteiger partial charge < -0.3 is 16.3 Å². The molecule has 1 heterocycles. The summed E-state index contributed by atoms with van der Waals surface area (Å²) in [5.74, 6) is 0.125. The number of hydrogen-bond acceptors (Lipinski definition) is 5. The van der Waals surface area contributed by atoms with Gasteiger partial charge in [-0.25, -0.2) is 4.98 Å². The van der Waals surface area contributed by atoms with Crippen molar-refractivity contribution in [3.8, 4) is 0 Å². The number of nitrogens with zero attached hydrogens (tertiary/aromatic N) is 2. The molecule has 0 saturated carbocycles. The molecule has 100 valence electrons. The zero-order chi connectivity index (χ0) is 13.7. The van der Waals surface area contributed by atoms with Crippen LogP contribution in [0.2, 0.25) is 0 Å². The Kier molecular flexibility index (Phi) is 4.48. The van der Waals surface area contributed by atoms with Crippen molar-refractivity contribution in [2.45, 2.75) is 20.0 Å². The molecular weight excluding hydrogens is 260 g/mol. The zero-order valence-corrected chi connectivity index (χ0v) is 11.4. The Balaban J connectivity index is 1.92. The molecule has 0 fully saturated rings. The lowest BCUT2D eigenvalue weighted by Gasteiger charge is -2.05. The van der Waals surface area contributed by atoms with E-state index in [4.69, 9.17) is 10.9 Å². The van der Waals surface area contributed by atoms with Crippen molar-refractivity contribution in [2.24, 2.45) is 10.9 Å². The van der Waals surface area contributed by atoms with Crippen molar-refractivity contribution in [3.05, 3.63) is 51.5 Å². The first-order valence-corrected chi connectivity index (χ1v) is 6.69. The van der Waals surface area contributed by atoms with Crippen LogP contribution in [-0.2, 0) is 13.1 Å². The van der Waals surface area contributed by atoms with Gasteiger partial charge in [0.1, 0.15) is 0 Å². The van der Waals surface area contributed by atoms with Gasteiger partial charge in [-0.2, -0.15) is 0 Å². The van der Waals surface area contributed by atoms with E-state index in [9.17, 15) is 0 Å². The van der Waals surface area contributed by atoms with Crippen LogP contribution >= 0.6 is 11.3 Å². The Morgan fingerprint density at radius 1 is 1.47 bits per heavy atom. The van der Waals surface area contributed by atoms with Crippen LogP contribution in [0.4, 0.5) is 0 Å². The lowest BCUT2D eigenvalue weighted by atomic mass is 10.1. The van der Waals surface area contributed by atoms with Gasteiger partial charge in [0, 0.05) is 29.7 Å². The molecule has 0 radical (unpaired) electrons. The van der Waals surface area contributed by atoms with Crippen LogP contribution in [0.25, 0.3) is 0 Å². The summed E-state index contributed by atoms with van der Waals surface area (Å²) < 4.78 is 0. The topological polar surface area (TPSA) is 83.5 Å². The van der Waals surface area contributed by atoms with Crippen molar-refractivity contribution in [1.82, 2.24) is 10.3 Å². The monoisotopic (exact) mass is 276 g/mol. The first kappa shape index (κ1) is 13.5. The third-order valence-corrected chi connectivity index (χ3v) is 3.54. The first-order chi connectivity index (χ1) is 9.19. The lowest BCUT2D eigenvalue weighted by Crippen LogP contribution is -2.15. The second kappa shape index (κ2) is 6.31. The summed E-state index contributed by atoms with van der Waals surface area (Å²) in [6.07, 6.45) is 1.89. The van der Waals surface area contributed by atoms with Gasteiger partial charge in [0.05, 0.1) is 5.01 Å². The maximum atomic E-state index is 8.65. The summed E-state index contributed by atoms with van der Waals surface area (Å²) in [6, 6.07) is 7.60. The highest BCUT2D eigenvalue weighted by molar-refractivity contribution is 7.11. The van der Waals surface area contributed by atoms with Gasteiger partial charge in [-0.15, -0.1) is 11.3 Å². The fraction of sp³-hybridized carbons (Fsp3) is 0.231. The maximum absolute atomic E-state index is 8.65. The van der Waals surface area contributed by atoms with Crippen molar-refractivity contribution >= 4 is 17.2 Å².